The molecule has 2 rings (SSSR count). The van der Waals surface area contributed by atoms with E-state index in [9.17, 15) is 0 Å². The minimum atomic E-state index is 1.22. The van der Waals surface area contributed by atoms with Gasteiger partial charge in [0, 0.05) is 26.2 Å². The quantitative estimate of drug-likeness (QED) is 0.832. The van der Waals surface area contributed by atoms with Crippen LogP contribution in [-0.4, -0.2) is 49.6 Å². The van der Waals surface area contributed by atoms with Crippen LogP contribution in [0.3, 0.4) is 0 Å². The molecule has 2 nitrogen and oxygen atoms in total. The zero-order valence-corrected chi connectivity index (χ0v) is 13.9. The summed E-state index contributed by atoms with van der Waals surface area (Å²) in [4.78, 5) is 5.04. The van der Waals surface area contributed by atoms with Gasteiger partial charge in [0.15, 0.2) is 0 Å². The van der Waals surface area contributed by atoms with Gasteiger partial charge in [-0.3, -0.25) is 0 Å². The lowest BCUT2D eigenvalue weighted by molar-refractivity contribution is 0.153. The number of hydrogen-bond acceptors (Lipinski definition) is 2. The molecule has 1 aromatic rings. The fourth-order valence-electron chi connectivity index (χ4n) is 3.22. The van der Waals surface area contributed by atoms with Crippen LogP contribution in [0, 0.1) is 27.7 Å². The standard InChI is InChI=1S/C18H30N2/c1-14-13-15(2)17(4)18(16(14)3)7-6-8-20-11-9-19(5)10-12-20/h13H,6-12H2,1-5H3. The van der Waals surface area contributed by atoms with Gasteiger partial charge in [-0.25, -0.2) is 0 Å². The molecule has 0 N–H and O–H groups in total. The summed E-state index contributed by atoms with van der Waals surface area (Å²) in [5, 5.41) is 0. The van der Waals surface area contributed by atoms with Gasteiger partial charge in [0.05, 0.1) is 0 Å². The van der Waals surface area contributed by atoms with Crippen molar-refractivity contribution < 1.29 is 0 Å². The molecule has 0 atom stereocenters. The van der Waals surface area contributed by atoms with Gasteiger partial charge < -0.3 is 9.80 Å². The summed E-state index contributed by atoms with van der Waals surface area (Å²) in [6.45, 7) is 15.2. The molecule has 0 amide bonds. The zero-order chi connectivity index (χ0) is 14.7. The van der Waals surface area contributed by atoms with Crippen molar-refractivity contribution in [2.24, 2.45) is 0 Å². The van der Waals surface area contributed by atoms with Crippen LogP contribution in [0.2, 0.25) is 0 Å². The Balaban J connectivity index is 1.91. The van der Waals surface area contributed by atoms with Crippen LogP contribution in [0.1, 0.15) is 34.2 Å². The van der Waals surface area contributed by atoms with Gasteiger partial charge in [-0.1, -0.05) is 6.07 Å². The molecule has 1 aromatic carbocycles. The van der Waals surface area contributed by atoms with E-state index < -0.39 is 0 Å². The lowest BCUT2D eigenvalue weighted by atomic mass is 9.91. The van der Waals surface area contributed by atoms with Crippen molar-refractivity contribution in [3.8, 4) is 0 Å². The third kappa shape index (κ3) is 3.62. The molecule has 112 valence electrons. The first-order chi connectivity index (χ1) is 9.49. The van der Waals surface area contributed by atoms with Gasteiger partial charge in [0.25, 0.3) is 0 Å². The Labute approximate surface area is 124 Å². The Hall–Kier alpha value is -0.860. The Morgan fingerprint density at radius 2 is 1.45 bits per heavy atom. The maximum atomic E-state index is 2.62. The molecule has 1 fully saturated rings. The summed E-state index contributed by atoms with van der Waals surface area (Å²) in [5.74, 6) is 0. The average molecular weight is 274 g/mol. The molecule has 0 aliphatic carbocycles. The zero-order valence-electron chi connectivity index (χ0n) is 13.9. The van der Waals surface area contributed by atoms with Crippen LogP contribution in [0.25, 0.3) is 0 Å². The van der Waals surface area contributed by atoms with Crippen LogP contribution in [0.4, 0.5) is 0 Å². The van der Waals surface area contributed by atoms with E-state index in [1.807, 2.05) is 0 Å². The van der Waals surface area contributed by atoms with Crippen LogP contribution in [-0.2, 0) is 6.42 Å². The van der Waals surface area contributed by atoms with E-state index in [4.69, 9.17) is 0 Å². The minimum absolute atomic E-state index is 1.22. The topological polar surface area (TPSA) is 6.48 Å². The largest absolute Gasteiger partial charge is 0.304 e. The maximum absolute atomic E-state index is 2.62. The van der Waals surface area contributed by atoms with E-state index in [-0.39, 0.29) is 0 Å². The molecular weight excluding hydrogens is 244 g/mol. The highest BCUT2D eigenvalue weighted by atomic mass is 15.2. The number of piperazine rings is 1. The maximum Gasteiger partial charge on any atom is 0.0110 e. The molecule has 2 heteroatoms. The first-order valence-corrected chi connectivity index (χ1v) is 7.96. The smallest absolute Gasteiger partial charge is 0.0110 e. The van der Waals surface area contributed by atoms with E-state index >= 15 is 0 Å². The highest BCUT2D eigenvalue weighted by molar-refractivity contribution is 5.44. The SMILES string of the molecule is Cc1cc(C)c(C)c(CCCN2CCN(C)CC2)c1C. The molecule has 0 saturated carbocycles. The Morgan fingerprint density at radius 1 is 0.900 bits per heavy atom. The second-order valence-corrected chi connectivity index (χ2v) is 6.49. The molecule has 1 saturated heterocycles. The fourth-order valence-corrected chi connectivity index (χ4v) is 3.22. The van der Waals surface area contributed by atoms with Gasteiger partial charge in [-0.05, 0) is 81.9 Å². The van der Waals surface area contributed by atoms with Crippen LogP contribution < -0.4 is 0 Å². The summed E-state index contributed by atoms with van der Waals surface area (Å²) in [7, 11) is 2.22. The summed E-state index contributed by atoms with van der Waals surface area (Å²) in [6.07, 6.45) is 2.51. The molecule has 20 heavy (non-hydrogen) atoms. The first kappa shape index (κ1) is 15.5. The minimum Gasteiger partial charge on any atom is -0.304 e. The highest BCUT2D eigenvalue weighted by Gasteiger charge is 2.14. The number of aryl methyl sites for hydroxylation is 2. The number of rotatable bonds is 4. The molecule has 0 bridgehead atoms. The van der Waals surface area contributed by atoms with E-state index in [0.29, 0.717) is 0 Å². The lowest BCUT2D eigenvalue weighted by Gasteiger charge is -2.32. The summed E-state index contributed by atoms with van der Waals surface area (Å²) in [6, 6.07) is 2.33. The Bertz CT molecular complexity index is 431. The van der Waals surface area contributed by atoms with Crippen molar-refractivity contribution in [3.63, 3.8) is 0 Å². The third-order valence-electron chi connectivity index (χ3n) is 5.02. The molecule has 1 heterocycles. The van der Waals surface area contributed by atoms with Crippen molar-refractivity contribution in [2.45, 2.75) is 40.5 Å². The summed E-state index contributed by atoms with van der Waals surface area (Å²) < 4.78 is 0. The fraction of sp³-hybridized carbons (Fsp3) is 0.667. The Morgan fingerprint density at radius 3 is 2.00 bits per heavy atom. The van der Waals surface area contributed by atoms with Gasteiger partial charge in [-0.2, -0.15) is 0 Å². The monoisotopic (exact) mass is 274 g/mol. The van der Waals surface area contributed by atoms with E-state index in [1.54, 1.807) is 5.56 Å². The molecule has 0 aromatic heterocycles. The van der Waals surface area contributed by atoms with Crippen molar-refractivity contribution >= 4 is 0 Å². The van der Waals surface area contributed by atoms with Crippen LogP contribution in [0.15, 0.2) is 6.07 Å². The summed E-state index contributed by atoms with van der Waals surface area (Å²) >= 11 is 0. The second-order valence-electron chi connectivity index (χ2n) is 6.49. The number of nitrogens with zero attached hydrogens (tertiary/aromatic N) is 2. The number of hydrogen-bond donors (Lipinski definition) is 0. The van der Waals surface area contributed by atoms with Crippen molar-refractivity contribution in [2.75, 3.05) is 39.8 Å². The molecule has 0 unspecified atom stereocenters. The Kier molecular flexibility index (Phi) is 5.22. The molecule has 1 aliphatic rings. The van der Waals surface area contributed by atoms with Crippen molar-refractivity contribution in [1.29, 1.82) is 0 Å². The molecular formula is C18H30N2. The second kappa shape index (κ2) is 6.73. The molecule has 0 radical (unpaired) electrons. The molecule has 0 spiro atoms. The first-order valence-electron chi connectivity index (χ1n) is 7.96. The van der Waals surface area contributed by atoms with Crippen LogP contribution in [0.5, 0.6) is 0 Å². The number of benzene rings is 1. The normalized spacial score (nSPS) is 17.6. The predicted octanol–water partition coefficient (Wildman–Crippen LogP) is 3.10. The van der Waals surface area contributed by atoms with E-state index in [2.05, 4.69) is 50.6 Å². The third-order valence-corrected chi connectivity index (χ3v) is 5.02. The van der Waals surface area contributed by atoms with Gasteiger partial charge >= 0.3 is 0 Å². The van der Waals surface area contributed by atoms with Gasteiger partial charge in [0.2, 0.25) is 0 Å². The van der Waals surface area contributed by atoms with E-state index in [1.165, 1.54) is 67.8 Å². The molecule has 1 aliphatic heterocycles. The van der Waals surface area contributed by atoms with Crippen molar-refractivity contribution in [1.82, 2.24) is 9.80 Å². The van der Waals surface area contributed by atoms with Gasteiger partial charge in [0.1, 0.15) is 0 Å². The van der Waals surface area contributed by atoms with Gasteiger partial charge in [-0.15, -0.1) is 0 Å². The average Bonchev–Trinajstić information content (AvgIpc) is 2.42. The number of likely N-dealkylation sites (N-methyl/N-ethyl adjacent to an activating group) is 1. The predicted molar refractivity (Wildman–Crippen MR) is 87.6 cm³/mol. The highest BCUT2D eigenvalue weighted by Crippen LogP contribution is 2.23. The summed E-state index contributed by atoms with van der Waals surface area (Å²) in [5.41, 5.74) is 7.50. The van der Waals surface area contributed by atoms with E-state index in [0.717, 1.165) is 0 Å². The lowest BCUT2D eigenvalue weighted by Crippen LogP contribution is -2.44. The van der Waals surface area contributed by atoms with Crippen LogP contribution >= 0.6 is 0 Å². The van der Waals surface area contributed by atoms with Crippen molar-refractivity contribution in [3.05, 3.63) is 33.9 Å².